The van der Waals surface area contributed by atoms with Gasteiger partial charge in [0.05, 0.1) is 17.6 Å². The van der Waals surface area contributed by atoms with Crippen LogP contribution in [0.1, 0.15) is 41.4 Å². The molecule has 4 rings (SSSR count). The number of amides is 2. The van der Waals surface area contributed by atoms with Crippen molar-refractivity contribution in [2.45, 2.75) is 38.6 Å². The van der Waals surface area contributed by atoms with Crippen LogP contribution in [0.5, 0.6) is 0 Å². The summed E-state index contributed by atoms with van der Waals surface area (Å²) in [6.07, 6.45) is 1.64. The number of carbonyl (C=O) groups excluding carboxylic acids is 2. The Kier molecular flexibility index (Phi) is 6.24. The van der Waals surface area contributed by atoms with Crippen LogP contribution in [0.25, 0.3) is 10.9 Å². The number of pyridine rings is 1. The summed E-state index contributed by atoms with van der Waals surface area (Å²) in [5, 5.41) is 10.7. The van der Waals surface area contributed by atoms with Gasteiger partial charge in [0.2, 0.25) is 0 Å². The molecule has 1 aromatic heterocycles. The normalized spacial score (nSPS) is 20.7. The Morgan fingerprint density at radius 3 is 2.75 bits per heavy atom. The van der Waals surface area contributed by atoms with Crippen LogP contribution in [-0.2, 0) is 22.4 Å². The summed E-state index contributed by atoms with van der Waals surface area (Å²) >= 11 is 6.73. The summed E-state index contributed by atoms with van der Waals surface area (Å²) in [4.78, 5) is 43.8. The molecular weight excluding hydrogens is 434 g/mol. The van der Waals surface area contributed by atoms with Crippen LogP contribution in [0.3, 0.4) is 0 Å². The number of esters is 1. The van der Waals surface area contributed by atoms with Gasteiger partial charge in [-0.2, -0.15) is 0 Å². The SMILES string of the molecule is COC(=O)CC1CCc2nc3cc(C(=O)N4CCN(C(=O)O)[C@@H](C)C4)ccc3c(Cl)c2C1. The summed E-state index contributed by atoms with van der Waals surface area (Å²) in [5.41, 5.74) is 3.06. The Balaban J connectivity index is 1.57. The van der Waals surface area contributed by atoms with E-state index in [-0.39, 0.29) is 23.8 Å². The maximum absolute atomic E-state index is 13.1. The molecule has 8 nitrogen and oxygen atoms in total. The van der Waals surface area contributed by atoms with Gasteiger partial charge in [0.15, 0.2) is 0 Å². The summed E-state index contributed by atoms with van der Waals surface area (Å²) in [6.45, 7) is 2.80. The Labute approximate surface area is 191 Å². The minimum absolute atomic E-state index is 0.141. The van der Waals surface area contributed by atoms with Gasteiger partial charge in [-0.25, -0.2) is 4.79 Å². The number of methoxy groups -OCH3 is 1. The molecule has 1 unspecified atom stereocenters. The standard InChI is InChI=1S/C23H26ClN3O5/c1-13-12-26(7-8-27(13)23(30)31)22(29)15-4-5-16-19(11-15)25-18-6-3-14(10-20(28)32-2)9-17(18)21(16)24/h4-5,11,13-14H,3,6-10,12H2,1-2H3,(H,30,31)/t13-,14?/m0/s1. The largest absolute Gasteiger partial charge is 0.469 e. The molecule has 170 valence electrons. The Morgan fingerprint density at radius 2 is 2.06 bits per heavy atom. The lowest BCUT2D eigenvalue weighted by Gasteiger charge is -2.38. The molecule has 0 radical (unpaired) electrons. The summed E-state index contributed by atoms with van der Waals surface area (Å²) in [6, 6.07) is 5.06. The van der Waals surface area contributed by atoms with Crippen molar-refractivity contribution in [1.82, 2.24) is 14.8 Å². The third-order valence-corrected chi connectivity index (χ3v) is 6.91. The van der Waals surface area contributed by atoms with Gasteiger partial charge >= 0.3 is 12.1 Å². The molecule has 2 heterocycles. The van der Waals surface area contributed by atoms with Crippen molar-refractivity contribution in [3.63, 3.8) is 0 Å². The molecule has 32 heavy (non-hydrogen) atoms. The van der Waals surface area contributed by atoms with Crippen molar-refractivity contribution < 1.29 is 24.2 Å². The lowest BCUT2D eigenvalue weighted by atomic mass is 9.84. The Bertz CT molecular complexity index is 1090. The van der Waals surface area contributed by atoms with Crippen LogP contribution in [-0.4, -0.2) is 70.6 Å². The van der Waals surface area contributed by atoms with Crippen molar-refractivity contribution >= 4 is 40.5 Å². The first-order valence-electron chi connectivity index (χ1n) is 10.7. The highest BCUT2D eigenvalue weighted by atomic mass is 35.5. The van der Waals surface area contributed by atoms with E-state index in [2.05, 4.69) is 0 Å². The first-order chi connectivity index (χ1) is 15.3. The van der Waals surface area contributed by atoms with Crippen LogP contribution in [0.2, 0.25) is 5.02 Å². The number of ether oxygens (including phenoxy) is 1. The average Bonchev–Trinajstić information content (AvgIpc) is 2.78. The molecule has 9 heteroatoms. The van der Waals surface area contributed by atoms with Crippen molar-refractivity contribution in [3.05, 3.63) is 40.0 Å². The monoisotopic (exact) mass is 459 g/mol. The summed E-state index contributed by atoms with van der Waals surface area (Å²) in [5.74, 6) is -0.179. The fourth-order valence-corrected chi connectivity index (χ4v) is 5.04. The molecule has 1 fully saturated rings. The van der Waals surface area contributed by atoms with E-state index < -0.39 is 6.09 Å². The van der Waals surface area contributed by atoms with E-state index in [1.165, 1.54) is 12.0 Å². The van der Waals surface area contributed by atoms with E-state index in [4.69, 9.17) is 21.3 Å². The van der Waals surface area contributed by atoms with Gasteiger partial charge in [0, 0.05) is 48.7 Å². The predicted octanol–water partition coefficient (Wildman–Crippen LogP) is 3.38. The van der Waals surface area contributed by atoms with E-state index in [1.54, 1.807) is 24.0 Å². The number of hydrogen-bond acceptors (Lipinski definition) is 5. The van der Waals surface area contributed by atoms with Gasteiger partial charge in [-0.1, -0.05) is 17.7 Å². The number of piperazine rings is 1. The molecule has 1 aromatic carbocycles. The van der Waals surface area contributed by atoms with Gasteiger partial charge < -0.3 is 19.6 Å². The molecule has 2 aromatic rings. The third kappa shape index (κ3) is 4.24. The molecule has 0 saturated carbocycles. The highest BCUT2D eigenvalue weighted by molar-refractivity contribution is 6.36. The molecule has 1 aliphatic heterocycles. The molecule has 0 bridgehead atoms. The number of aromatic nitrogens is 1. The number of halogens is 1. The van der Waals surface area contributed by atoms with E-state index in [9.17, 15) is 19.5 Å². The van der Waals surface area contributed by atoms with Crippen LogP contribution >= 0.6 is 11.6 Å². The molecule has 1 N–H and O–H groups in total. The molecule has 2 amide bonds. The van der Waals surface area contributed by atoms with Crippen molar-refractivity contribution in [1.29, 1.82) is 0 Å². The van der Waals surface area contributed by atoms with E-state index in [0.717, 1.165) is 29.5 Å². The minimum atomic E-state index is -0.965. The van der Waals surface area contributed by atoms with E-state index in [1.807, 2.05) is 6.07 Å². The number of benzene rings is 1. The number of carbonyl (C=O) groups is 3. The number of hydrogen-bond donors (Lipinski definition) is 1. The fraction of sp³-hybridized carbons (Fsp3) is 0.478. The van der Waals surface area contributed by atoms with E-state index in [0.29, 0.717) is 48.6 Å². The van der Waals surface area contributed by atoms with Crippen LogP contribution in [0.15, 0.2) is 18.2 Å². The number of rotatable bonds is 3. The summed E-state index contributed by atoms with van der Waals surface area (Å²) < 4.78 is 4.80. The zero-order chi connectivity index (χ0) is 23.0. The molecule has 2 aliphatic rings. The maximum atomic E-state index is 13.1. The Morgan fingerprint density at radius 1 is 1.28 bits per heavy atom. The number of carboxylic acid groups (broad SMARTS) is 1. The van der Waals surface area contributed by atoms with Gasteiger partial charge in [0.25, 0.3) is 5.91 Å². The lowest BCUT2D eigenvalue weighted by Crippen LogP contribution is -2.55. The van der Waals surface area contributed by atoms with Gasteiger partial charge in [-0.15, -0.1) is 0 Å². The van der Waals surface area contributed by atoms with Crippen molar-refractivity contribution in [2.24, 2.45) is 5.92 Å². The highest BCUT2D eigenvalue weighted by Gasteiger charge is 2.30. The Hall–Kier alpha value is -2.87. The van der Waals surface area contributed by atoms with Crippen LogP contribution < -0.4 is 0 Å². The average molecular weight is 460 g/mol. The topological polar surface area (TPSA) is 100 Å². The first kappa shape index (κ1) is 22.3. The second-order valence-corrected chi connectivity index (χ2v) is 8.93. The molecule has 1 saturated heterocycles. The van der Waals surface area contributed by atoms with Gasteiger partial charge in [-0.3, -0.25) is 14.6 Å². The highest BCUT2D eigenvalue weighted by Crippen LogP contribution is 2.36. The second-order valence-electron chi connectivity index (χ2n) is 8.55. The zero-order valence-corrected chi connectivity index (χ0v) is 18.9. The summed E-state index contributed by atoms with van der Waals surface area (Å²) in [7, 11) is 1.40. The number of nitrogens with zero attached hydrogens (tertiary/aromatic N) is 3. The van der Waals surface area contributed by atoms with Crippen LogP contribution in [0.4, 0.5) is 4.79 Å². The smallest absolute Gasteiger partial charge is 0.407 e. The van der Waals surface area contributed by atoms with Crippen molar-refractivity contribution in [3.8, 4) is 0 Å². The van der Waals surface area contributed by atoms with E-state index >= 15 is 0 Å². The predicted molar refractivity (Wildman–Crippen MR) is 119 cm³/mol. The molecule has 1 aliphatic carbocycles. The maximum Gasteiger partial charge on any atom is 0.407 e. The first-order valence-corrected chi connectivity index (χ1v) is 11.1. The number of fused-ring (bicyclic) bond motifs is 2. The zero-order valence-electron chi connectivity index (χ0n) is 18.1. The van der Waals surface area contributed by atoms with Gasteiger partial charge in [0.1, 0.15) is 0 Å². The third-order valence-electron chi connectivity index (χ3n) is 6.48. The quantitative estimate of drug-likeness (QED) is 0.706. The number of aryl methyl sites for hydroxylation is 1. The fourth-order valence-electron chi connectivity index (χ4n) is 4.69. The van der Waals surface area contributed by atoms with Crippen LogP contribution in [0, 0.1) is 5.92 Å². The lowest BCUT2D eigenvalue weighted by molar-refractivity contribution is -0.141. The van der Waals surface area contributed by atoms with Gasteiger partial charge in [-0.05, 0) is 49.8 Å². The van der Waals surface area contributed by atoms with Crippen molar-refractivity contribution in [2.75, 3.05) is 26.7 Å². The molecule has 0 spiro atoms. The second kappa shape index (κ2) is 8.94. The molecular formula is C23H26ClN3O5. The minimum Gasteiger partial charge on any atom is -0.469 e. The molecule has 2 atom stereocenters.